The van der Waals surface area contributed by atoms with E-state index < -0.39 is 0 Å². The number of hydrogen-bond donors (Lipinski definition) is 2. The fourth-order valence-corrected chi connectivity index (χ4v) is 4.60. The molecule has 5 nitrogen and oxygen atoms in total. The van der Waals surface area contributed by atoms with Gasteiger partial charge < -0.3 is 10.6 Å². The number of fused-ring (bicyclic) bond motifs is 1. The van der Waals surface area contributed by atoms with Gasteiger partial charge in [0.05, 0.1) is 0 Å². The molecule has 2 amide bonds. The summed E-state index contributed by atoms with van der Waals surface area (Å²) in [5.74, 6) is 0.255. The van der Waals surface area contributed by atoms with E-state index in [9.17, 15) is 9.59 Å². The van der Waals surface area contributed by atoms with Crippen molar-refractivity contribution in [2.24, 2.45) is 5.92 Å². The van der Waals surface area contributed by atoms with Crippen LogP contribution in [0.4, 0.5) is 0 Å². The predicted octanol–water partition coefficient (Wildman–Crippen LogP) is 1.42. The summed E-state index contributed by atoms with van der Waals surface area (Å²) in [5, 5.41) is 6.17. The van der Waals surface area contributed by atoms with Crippen LogP contribution < -0.4 is 10.6 Å². The van der Waals surface area contributed by atoms with Gasteiger partial charge in [0.15, 0.2) is 0 Å². The highest BCUT2D eigenvalue weighted by Crippen LogP contribution is 2.30. The van der Waals surface area contributed by atoms with Gasteiger partial charge in [-0.3, -0.25) is 14.5 Å². The largest absolute Gasteiger partial charge is 0.350 e. The molecule has 2 aliphatic heterocycles. The van der Waals surface area contributed by atoms with E-state index in [2.05, 4.69) is 15.5 Å². The molecule has 0 spiro atoms. The Bertz CT molecular complexity index is 420. The molecule has 0 aromatic rings. The van der Waals surface area contributed by atoms with Gasteiger partial charge in [-0.25, -0.2) is 0 Å². The molecule has 0 unspecified atom stereocenters. The van der Waals surface area contributed by atoms with Crippen molar-refractivity contribution in [2.45, 2.75) is 76.4 Å². The molecule has 2 N–H and O–H groups in total. The smallest absolute Gasteiger partial charge is 0.243 e. The monoisotopic (exact) mass is 307 g/mol. The molecular weight excluding hydrogens is 278 g/mol. The number of nitrogens with one attached hydrogen (secondary N) is 2. The Morgan fingerprint density at radius 2 is 1.73 bits per heavy atom. The first kappa shape index (κ1) is 15.8. The topological polar surface area (TPSA) is 61.4 Å². The van der Waals surface area contributed by atoms with Crippen LogP contribution >= 0.6 is 0 Å². The van der Waals surface area contributed by atoms with Gasteiger partial charge in [-0.2, -0.15) is 0 Å². The maximum Gasteiger partial charge on any atom is 0.243 e. The van der Waals surface area contributed by atoms with Gasteiger partial charge >= 0.3 is 0 Å². The van der Waals surface area contributed by atoms with Crippen LogP contribution in [0, 0.1) is 5.92 Å². The molecule has 0 bridgehead atoms. The minimum absolute atomic E-state index is 0.0412. The van der Waals surface area contributed by atoms with Gasteiger partial charge in [0, 0.05) is 25.6 Å². The minimum Gasteiger partial charge on any atom is -0.350 e. The van der Waals surface area contributed by atoms with Crippen LogP contribution in [0.15, 0.2) is 0 Å². The lowest BCUT2D eigenvalue weighted by Crippen LogP contribution is -2.55. The molecule has 1 aliphatic carbocycles. The second-order valence-corrected chi connectivity index (χ2v) is 7.23. The molecule has 5 heteroatoms. The fourth-order valence-electron chi connectivity index (χ4n) is 4.60. The summed E-state index contributed by atoms with van der Waals surface area (Å²) in [6, 6.07) is 0.447. The molecule has 0 radical (unpaired) electrons. The van der Waals surface area contributed by atoms with Gasteiger partial charge in [0.2, 0.25) is 11.8 Å². The van der Waals surface area contributed by atoms with Gasteiger partial charge in [-0.15, -0.1) is 0 Å². The molecular formula is C17H29N3O2. The van der Waals surface area contributed by atoms with E-state index in [4.69, 9.17) is 0 Å². The van der Waals surface area contributed by atoms with Gasteiger partial charge in [-0.05, 0) is 44.6 Å². The predicted molar refractivity (Wildman–Crippen MR) is 85.3 cm³/mol. The summed E-state index contributed by atoms with van der Waals surface area (Å²) >= 11 is 0. The molecule has 3 fully saturated rings. The summed E-state index contributed by atoms with van der Waals surface area (Å²) in [6.07, 6.45) is 9.25. The zero-order chi connectivity index (χ0) is 15.5. The van der Waals surface area contributed by atoms with Crippen molar-refractivity contribution >= 4 is 11.8 Å². The number of piperidine rings is 1. The number of amides is 2. The van der Waals surface area contributed by atoms with Crippen molar-refractivity contribution in [1.29, 1.82) is 0 Å². The second kappa shape index (κ2) is 6.99. The van der Waals surface area contributed by atoms with E-state index in [1.165, 1.54) is 45.6 Å². The zero-order valence-corrected chi connectivity index (χ0v) is 13.6. The molecule has 0 aromatic carbocycles. The van der Waals surface area contributed by atoms with Crippen LogP contribution in [0.1, 0.15) is 58.3 Å². The van der Waals surface area contributed by atoms with Crippen molar-refractivity contribution in [2.75, 3.05) is 13.1 Å². The average molecular weight is 307 g/mol. The molecule has 1 saturated carbocycles. The maximum absolute atomic E-state index is 12.8. The average Bonchev–Trinajstić information content (AvgIpc) is 3.15. The Morgan fingerprint density at radius 3 is 2.45 bits per heavy atom. The Hall–Kier alpha value is -1.10. The normalized spacial score (nSPS) is 30.8. The van der Waals surface area contributed by atoms with E-state index in [-0.39, 0.29) is 23.9 Å². The third kappa shape index (κ3) is 3.45. The Labute approximate surface area is 133 Å². The Morgan fingerprint density at radius 1 is 1.00 bits per heavy atom. The van der Waals surface area contributed by atoms with Crippen LogP contribution in [-0.4, -0.2) is 47.9 Å². The summed E-state index contributed by atoms with van der Waals surface area (Å²) in [7, 11) is 0. The maximum atomic E-state index is 12.8. The number of carbonyl (C=O) groups excluding carboxylic acids is 2. The molecule has 3 rings (SSSR count). The number of hydrogen-bond acceptors (Lipinski definition) is 3. The molecule has 3 atom stereocenters. The number of nitrogens with zero attached hydrogens (tertiary/aromatic N) is 1. The summed E-state index contributed by atoms with van der Waals surface area (Å²) in [5.41, 5.74) is 0. The van der Waals surface area contributed by atoms with Crippen molar-refractivity contribution in [1.82, 2.24) is 15.5 Å². The summed E-state index contributed by atoms with van der Waals surface area (Å²) < 4.78 is 0. The third-order valence-electron chi connectivity index (χ3n) is 5.70. The first-order valence-electron chi connectivity index (χ1n) is 8.96. The molecule has 3 aliphatic rings. The SMILES string of the molecule is CC(=O)N[C@H](C(=O)N[C@H]1CCN2CCCC[C@@H]12)C1CCCC1. The lowest BCUT2D eigenvalue weighted by Gasteiger charge is -2.33. The van der Waals surface area contributed by atoms with Crippen LogP contribution in [-0.2, 0) is 9.59 Å². The highest BCUT2D eigenvalue weighted by Gasteiger charge is 2.38. The van der Waals surface area contributed by atoms with Gasteiger partial charge in [-0.1, -0.05) is 19.3 Å². The first-order valence-corrected chi connectivity index (χ1v) is 8.96. The van der Waals surface area contributed by atoms with E-state index in [0.717, 1.165) is 25.8 Å². The summed E-state index contributed by atoms with van der Waals surface area (Å²) in [4.78, 5) is 26.8. The molecule has 22 heavy (non-hydrogen) atoms. The highest BCUT2D eigenvalue weighted by atomic mass is 16.2. The highest BCUT2D eigenvalue weighted by molar-refractivity contribution is 5.87. The van der Waals surface area contributed by atoms with E-state index in [1.807, 2.05) is 0 Å². The van der Waals surface area contributed by atoms with E-state index in [1.54, 1.807) is 0 Å². The zero-order valence-electron chi connectivity index (χ0n) is 13.6. The molecule has 2 saturated heterocycles. The molecule has 0 aromatic heterocycles. The van der Waals surface area contributed by atoms with Crippen molar-refractivity contribution < 1.29 is 9.59 Å². The first-order chi connectivity index (χ1) is 10.6. The lowest BCUT2D eigenvalue weighted by molar-refractivity contribution is -0.130. The third-order valence-corrected chi connectivity index (χ3v) is 5.70. The van der Waals surface area contributed by atoms with Crippen LogP contribution in [0.3, 0.4) is 0 Å². The molecule has 124 valence electrons. The second-order valence-electron chi connectivity index (χ2n) is 7.23. The molecule has 2 heterocycles. The quantitative estimate of drug-likeness (QED) is 0.826. The standard InChI is InChI=1S/C17H29N3O2/c1-12(21)18-16(13-6-2-3-7-13)17(22)19-14-9-11-20-10-5-4-8-15(14)20/h13-16H,2-11H2,1H3,(H,18,21)(H,19,22)/t14-,15-,16-/m0/s1. The minimum atomic E-state index is -0.336. The Kier molecular flexibility index (Phi) is 5.01. The van der Waals surface area contributed by atoms with E-state index in [0.29, 0.717) is 12.0 Å². The lowest BCUT2D eigenvalue weighted by atomic mass is 9.95. The Balaban J connectivity index is 1.61. The van der Waals surface area contributed by atoms with Crippen LogP contribution in [0.5, 0.6) is 0 Å². The van der Waals surface area contributed by atoms with Gasteiger partial charge in [0.25, 0.3) is 0 Å². The number of rotatable bonds is 4. The number of carbonyl (C=O) groups is 2. The van der Waals surface area contributed by atoms with E-state index >= 15 is 0 Å². The van der Waals surface area contributed by atoms with Gasteiger partial charge in [0.1, 0.15) is 6.04 Å². The van der Waals surface area contributed by atoms with Crippen molar-refractivity contribution in [3.05, 3.63) is 0 Å². The van der Waals surface area contributed by atoms with Crippen molar-refractivity contribution in [3.63, 3.8) is 0 Å². The summed E-state index contributed by atoms with van der Waals surface area (Å²) in [6.45, 7) is 3.78. The van der Waals surface area contributed by atoms with Crippen LogP contribution in [0.25, 0.3) is 0 Å². The van der Waals surface area contributed by atoms with Crippen molar-refractivity contribution in [3.8, 4) is 0 Å². The fraction of sp³-hybridized carbons (Fsp3) is 0.882. The van der Waals surface area contributed by atoms with Crippen LogP contribution in [0.2, 0.25) is 0 Å².